The van der Waals surface area contributed by atoms with Crippen LogP contribution in [0.1, 0.15) is 43.4 Å². The maximum atomic E-state index is 12.6. The maximum Gasteiger partial charge on any atom is 0.231 e. The van der Waals surface area contributed by atoms with Crippen LogP contribution < -0.4 is 5.32 Å². The van der Waals surface area contributed by atoms with E-state index < -0.39 is 0 Å². The Morgan fingerprint density at radius 2 is 1.67 bits per heavy atom. The topological polar surface area (TPSA) is 59.8 Å². The predicted molar refractivity (Wildman–Crippen MR) is 108 cm³/mol. The van der Waals surface area contributed by atoms with Gasteiger partial charge in [0.2, 0.25) is 5.91 Å². The second kappa shape index (κ2) is 8.62. The van der Waals surface area contributed by atoms with E-state index in [4.69, 9.17) is 0 Å². The SMILES string of the molecule is CC(C)Cc1ccc(C(C)C(=O)Nc2ccc(Cn3cncn3)cc2)cc1. The fraction of sp³-hybridized carbons (Fsp3) is 0.318. The molecule has 0 saturated carbocycles. The van der Waals surface area contributed by atoms with E-state index >= 15 is 0 Å². The molecule has 2 aromatic carbocycles. The summed E-state index contributed by atoms with van der Waals surface area (Å²) < 4.78 is 1.76. The van der Waals surface area contributed by atoms with Crippen LogP contribution in [0.15, 0.2) is 61.2 Å². The van der Waals surface area contributed by atoms with Crippen LogP contribution in [0.3, 0.4) is 0 Å². The summed E-state index contributed by atoms with van der Waals surface area (Å²) in [4.78, 5) is 16.5. The Morgan fingerprint density at radius 3 is 2.26 bits per heavy atom. The Labute approximate surface area is 160 Å². The van der Waals surface area contributed by atoms with Crippen LogP contribution in [0.4, 0.5) is 5.69 Å². The summed E-state index contributed by atoms with van der Waals surface area (Å²) in [6.07, 6.45) is 4.26. The van der Waals surface area contributed by atoms with Gasteiger partial charge in [-0.15, -0.1) is 0 Å². The minimum absolute atomic E-state index is 0.00404. The minimum atomic E-state index is -0.201. The molecule has 5 heteroatoms. The monoisotopic (exact) mass is 362 g/mol. The first-order valence-electron chi connectivity index (χ1n) is 9.32. The van der Waals surface area contributed by atoms with Crippen LogP contribution in [-0.4, -0.2) is 20.7 Å². The first-order valence-corrected chi connectivity index (χ1v) is 9.32. The van der Waals surface area contributed by atoms with Gasteiger partial charge in [0.05, 0.1) is 12.5 Å². The summed E-state index contributed by atoms with van der Waals surface area (Å²) >= 11 is 0. The van der Waals surface area contributed by atoms with Crippen molar-refractivity contribution in [1.82, 2.24) is 14.8 Å². The highest BCUT2D eigenvalue weighted by Gasteiger charge is 2.15. The molecule has 140 valence electrons. The van der Waals surface area contributed by atoms with Crippen LogP contribution in [0.2, 0.25) is 0 Å². The average Bonchev–Trinajstić information content (AvgIpc) is 3.16. The van der Waals surface area contributed by atoms with Crippen molar-refractivity contribution in [3.05, 3.63) is 77.9 Å². The molecule has 0 aliphatic heterocycles. The van der Waals surface area contributed by atoms with Crippen LogP contribution in [0.5, 0.6) is 0 Å². The molecule has 1 atom stereocenters. The minimum Gasteiger partial charge on any atom is -0.326 e. The number of amides is 1. The van der Waals surface area contributed by atoms with Gasteiger partial charge in [0.25, 0.3) is 0 Å². The van der Waals surface area contributed by atoms with Crippen molar-refractivity contribution in [3.63, 3.8) is 0 Å². The number of hydrogen-bond donors (Lipinski definition) is 1. The van der Waals surface area contributed by atoms with Gasteiger partial charge >= 0.3 is 0 Å². The molecule has 27 heavy (non-hydrogen) atoms. The number of nitrogens with zero attached hydrogens (tertiary/aromatic N) is 3. The first kappa shape index (κ1) is 18.8. The highest BCUT2D eigenvalue weighted by molar-refractivity contribution is 5.95. The standard InChI is InChI=1S/C22H26N4O/c1-16(2)12-18-4-8-20(9-5-18)17(3)22(27)25-21-10-6-19(7-11-21)13-26-15-23-14-24-26/h4-11,14-17H,12-13H2,1-3H3,(H,25,27). The molecule has 0 radical (unpaired) electrons. The summed E-state index contributed by atoms with van der Waals surface area (Å²) in [5.74, 6) is 0.424. The fourth-order valence-corrected chi connectivity index (χ4v) is 3.01. The van der Waals surface area contributed by atoms with Crippen molar-refractivity contribution in [3.8, 4) is 0 Å². The summed E-state index contributed by atoms with van der Waals surface area (Å²) in [6.45, 7) is 7.02. The third-order valence-electron chi connectivity index (χ3n) is 4.55. The number of anilines is 1. The van der Waals surface area contributed by atoms with Crippen LogP contribution in [0, 0.1) is 5.92 Å². The summed E-state index contributed by atoms with van der Waals surface area (Å²) in [6, 6.07) is 16.2. The molecule has 0 spiro atoms. The van der Waals surface area contributed by atoms with Crippen molar-refractivity contribution in [2.75, 3.05) is 5.32 Å². The van der Waals surface area contributed by atoms with Gasteiger partial charge in [-0.3, -0.25) is 4.79 Å². The summed E-state index contributed by atoms with van der Waals surface area (Å²) in [5, 5.41) is 7.10. The number of rotatable bonds is 7. The third-order valence-corrected chi connectivity index (χ3v) is 4.55. The van der Waals surface area contributed by atoms with Gasteiger partial charge < -0.3 is 5.32 Å². The second-order valence-electron chi connectivity index (χ2n) is 7.34. The van der Waals surface area contributed by atoms with Crippen molar-refractivity contribution < 1.29 is 4.79 Å². The van der Waals surface area contributed by atoms with E-state index in [9.17, 15) is 4.79 Å². The van der Waals surface area contributed by atoms with Crippen LogP contribution in [0.25, 0.3) is 0 Å². The van der Waals surface area contributed by atoms with E-state index in [2.05, 4.69) is 53.5 Å². The Balaban J connectivity index is 1.59. The molecule has 0 fully saturated rings. The second-order valence-corrected chi connectivity index (χ2v) is 7.34. The Morgan fingerprint density at radius 1 is 1.00 bits per heavy atom. The van der Waals surface area contributed by atoms with Crippen molar-refractivity contribution in [2.45, 2.75) is 39.7 Å². The van der Waals surface area contributed by atoms with Crippen molar-refractivity contribution >= 4 is 11.6 Å². The Bertz CT molecular complexity index is 852. The molecule has 1 heterocycles. The number of hydrogen-bond acceptors (Lipinski definition) is 3. The van der Waals surface area contributed by atoms with Crippen LogP contribution in [-0.2, 0) is 17.8 Å². The largest absolute Gasteiger partial charge is 0.326 e. The lowest BCUT2D eigenvalue weighted by molar-refractivity contribution is -0.117. The summed E-state index contributed by atoms with van der Waals surface area (Å²) in [7, 11) is 0. The molecule has 1 N–H and O–H groups in total. The maximum absolute atomic E-state index is 12.6. The number of carbonyl (C=O) groups excluding carboxylic acids is 1. The van der Waals surface area contributed by atoms with E-state index in [1.165, 1.54) is 11.9 Å². The molecule has 0 aliphatic carbocycles. The molecule has 0 aliphatic rings. The Kier molecular flexibility index (Phi) is 6.01. The lowest BCUT2D eigenvalue weighted by Gasteiger charge is -2.14. The molecule has 1 amide bonds. The number of benzene rings is 2. The van der Waals surface area contributed by atoms with Crippen molar-refractivity contribution in [2.24, 2.45) is 5.92 Å². The highest BCUT2D eigenvalue weighted by atomic mass is 16.1. The van der Waals surface area contributed by atoms with Gasteiger partial charge in [-0.25, -0.2) is 9.67 Å². The number of aromatic nitrogens is 3. The van der Waals surface area contributed by atoms with E-state index in [0.29, 0.717) is 12.5 Å². The molecule has 0 saturated heterocycles. The number of nitrogens with one attached hydrogen (secondary N) is 1. The van der Waals surface area contributed by atoms with E-state index in [1.54, 1.807) is 11.0 Å². The van der Waals surface area contributed by atoms with Crippen molar-refractivity contribution in [1.29, 1.82) is 0 Å². The summed E-state index contributed by atoms with van der Waals surface area (Å²) in [5.41, 5.74) is 4.24. The molecular formula is C22H26N4O. The zero-order chi connectivity index (χ0) is 19.2. The fourth-order valence-electron chi connectivity index (χ4n) is 3.01. The predicted octanol–water partition coefficient (Wildman–Crippen LogP) is 4.27. The van der Waals surface area contributed by atoms with E-state index in [-0.39, 0.29) is 11.8 Å². The molecule has 3 aromatic rings. The smallest absolute Gasteiger partial charge is 0.231 e. The first-order chi connectivity index (χ1) is 13.0. The third kappa shape index (κ3) is 5.26. The van der Waals surface area contributed by atoms with Gasteiger partial charge in [-0.2, -0.15) is 5.10 Å². The zero-order valence-corrected chi connectivity index (χ0v) is 16.1. The lowest BCUT2D eigenvalue weighted by atomic mass is 9.96. The van der Waals surface area contributed by atoms with E-state index in [1.807, 2.05) is 31.2 Å². The lowest BCUT2D eigenvalue weighted by Crippen LogP contribution is -2.18. The average molecular weight is 362 g/mol. The zero-order valence-electron chi connectivity index (χ0n) is 16.1. The van der Waals surface area contributed by atoms with Gasteiger partial charge in [-0.1, -0.05) is 50.2 Å². The molecule has 0 bridgehead atoms. The molecule has 5 nitrogen and oxygen atoms in total. The van der Waals surface area contributed by atoms with E-state index in [0.717, 1.165) is 23.2 Å². The molecule has 3 rings (SSSR count). The Hall–Kier alpha value is -2.95. The molecule has 1 aromatic heterocycles. The van der Waals surface area contributed by atoms with Gasteiger partial charge in [0.1, 0.15) is 12.7 Å². The quantitative estimate of drug-likeness (QED) is 0.683. The molecule has 1 unspecified atom stereocenters. The van der Waals surface area contributed by atoms with Gasteiger partial charge in [0, 0.05) is 5.69 Å². The van der Waals surface area contributed by atoms with Gasteiger partial charge in [0.15, 0.2) is 0 Å². The van der Waals surface area contributed by atoms with Crippen LogP contribution >= 0.6 is 0 Å². The highest BCUT2D eigenvalue weighted by Crippen LogP contribution is 2.20. The molecular weight excluding hydrogens is 336 g/mol. The van der Waals surface area contributed by atoms with Gasteiger partial charge in [-0.05, 0) is 48.1 Å². The number of carbonyl (C=O) groups is 1. The normalized spacial score (nSPS) is 12.1.